The first-order valence-corrected chi connectivity index (χ1v) is 10.2. The van der Waals surface area contributed by atoms with Gasteiger partial charge in [0, 0.05) is 26.2 Å². The Hall–Kier alpha value is -0.910. The maximum Gasteiger partial charge on any atom is 0.281 e. The third-order valence-corrected chi connectivity index (χ3v) is 7.70. The van der Waals surface area contributed by atoms with Crippen molar-refractivity contribution in [2.24, 2.45) is 0 Å². The molecule has 0 unspecified atom stereocenters. The summed E-state index contributed by atoms with van der Waals surface area (Å²) < 4.78 is 29.2. The first-order chi connectivity index (χ1) is 11.0. The van der Waals surface area contributed by atoms with Gasteiger partial charge in [-0.05, 0) is 43.2 Å². The average molecular weight is 337 g/mol. The third-order valence-electron chi connectivity index (χ3n) is 5.65. The highest BCUT2D eigenvalue weighted by atomic mass is 32.2. The normalized spacial score (nSPS) is 23.2. The largest absolute Gasteiger partial charge is 0.281 e. The molecule has 5 heteroatoms. The molecule has 4 nitrogen and oxygen atoms in total. The number of fused-ring (bicyclic) bond motifs is 1. The van der Waals surface area contributed by atoms with Gasteiger partial charge in [0.25, 0.3) is 10.2 Å². The summed E-state index contributed by atoms with van der Waals surface area (Å²) in [7, 11) is 0.146. The van der Waals surface area contributed by atoms with Crippen LogP contribution in [0.4, 0.5) is 0 Å². The van der Waals surface area contributed by atoms with Gasteiger partial charge in [-0.15, -0.1) is 0 Å². The molecule has 0 N–H and O–H groups in total. The van der Waals surface area contributed by atoms with E-state index in [0.717, 1.165) is 44.9 Å². The van der Waals surface area contributed by atoms with Crippen LogP contribution in [-0.4, -0.2) is 43.2 Å². The molecule has 2 aliphatic carbocycles. The number of hydrogen-bond donors (Lipinski definition) is 0. The third kappa shape index (κ3) is 3.47. The predicted molar refractivity (Wildman–Crippen MR) is 93.6 cm³/mol. The molecular formula is C18H28N2O2S. The van der Waals surface area contributed by atoms with Crippen LogP contribution in [-0.2, 0) is 23.1 Å². The lowest BCUT2D eigenvalue weighted by Gasteiger charge is -2.37. The summed E-state index contributed by atoms with van der Waals surface area (Å²) in [6.07, 6.45) is 8.22. The number of benzene rings is 1. The maximum absolute atomic E-state index is 13.0. The molecule has 0 spiro atoms. The zero-order valence-electron chi connectivity index (χ0n) is 14.2. The molecule has 128 valence electrons. The van der Waals surface area contributed by atoms with Gasteiger partial charge >= 0.3 is 0 Å². The lowest BCUT2D eigenvalue weighted by Crippen LogP contribution is -2.50. The second-order valence-electron chi connectivity index (χ2n) is 7.00. The Bertz CT molecular complexity index is 638. The van der Waals surface area contributed by atoms with E-state index in [-0.39, 0.29) is 12.1 Å². The minimum absolute atomic E-state index is 0.0703. The summed E-state index contributed by atoms with van der Waals surface area (Å²) >= 11 is 0. The highest BCUT2D eigenvalue weighted by Crippen LogP contribution is 2.28. The summed E-state index contributed by atoms with van der Waals surface area (Å²) in [5, 5.41) is 0. The fraction of sp³-hybridized carbons (Fsp3) is 0.667. The summed E-state index contributed by atoms with van der Waals surface area (Å²) in [6, 6.07) is 8.65. The van der Waals surface area contributed by atoms with Crippen LogP contribution in [0.3, 0.4) is 0 Å². The molecule has 0 saturated heterocycles. The SMILES string of the molecule is CN(C1CCCCC1)S(=O)(=O)N(C)[C@@H]1CCc2ccccc2C1. The van der Waals surface area contributed by atoms with E-state index in [1.165, 1.54) is 17.5 Å². The average Bonchev–Trinajstić information content (AvgIpc) is 2.60. The second kappa shape index (κ2) is 6.91. The molecule has 3 rings (SSSR count). The molecule has 23 heavy (non-hydrogen) atoms. The van der Waals surface area contributed by atoms with Gasteiger partial charge in [-0.1, -0.05) is 43.5 Å². The first kappa shape index (κ1) is 16.9. The first-order valence-electron chi connectivity index (χ1n) is 8.78. The molecule has 1 aromatic carbocycles. The van der Waals surface area contributed by atoms with Crippen LogP contribution in [0.5, 0.6) is 0 Å². The van der Waals surface area contributed by atoms with Crippen molar-refractivity contribution in [3.8, 4) is 0 Å². The van der Waals surface area contributed by atoms with Crippen molar-refractivity contribution in [2.75, 3.05) is 14.1 Å². The number of rotatable bonds is 4. The standard InChI is InChI=1S/C18H28N2O2S/c1-19(17-10-4-3-5-11-17)23(21,22)20(2)18-13-12-15-8-6-7-9-16(15)14-18/h6-9,17-18H,3-5,10-14H2,1-2H3/t18-/m1/s1. The fourth-order valence-corrected chi connectivity index (χ4v) is 5.56. The van der Waals surface area contributed by atoms with E-state index in [1.807, 2.05) is 6.07 Å². The summed E-state index contributed by atoms with van der Waals surface area (Å²) in [4.78, 5) is 0. The predicted octanol–water partition coefficient (Wildman–Crippen LogP) is 2.99. The van der Waals surface area contributed by atoms with Gasteiger partial charge in [0.2, 0.25) is 0 Å². The van der Waals surface area contributed by atoms with Gasteiger partial charge in [0.05, 0.1) is 0 Å². The number of likely N-dealkylation sites (N-methyl/N-ethyl adjacent to an activating group) is 1. The lowest BCUT2D eigenvalue weighted by molar-refractivity contribution is 0.250. The number of aryl methyl sites for hydroxylation is 1. The van der Waals surface area contributed by atoms with Crippen molar-refractivity contribution in [3.05, 3.63) is 35.4 Å². The molecule has 0 radical (unpaired) electrons. The monoisotopic (exact) mass is 336 g/mol. The van der Waals surface area contributed by atoms with Gasteiger partial charge < -0.3 is 0 Å². The Balaban J connectivity index is 1.72. The minimum Gasteiger partial charge on any atom is -0.195 e. The van der Waals surface area contributed by atoms with Gasteiger partial charge in [-0.2, -0.15) is 17.0 Å². The zero-order chi connectivity index (χ0) is 16.4. The Morgan fingerprint density at radius 3 is 2.17 bits per heavy atom. The van der Waals surface area contributed by atoms with Gasteiger partial charge in [0.1, 0.15) is 0 Å². The molecule has 0 amide bonds. The smallest absolute Gasteiger partial charge is 0.195 e. The van der Waals surface area contributed by atoms with Crippen molar-refractivity contribution in [1.29, 1.82) is 0 Å². The lowest BCUT2D eigenvalue weighted by atomic mass is 9.88. The summed E-state index contributed by atoms with van der Waals surface area (Å²) in [5.74, 6) is 0. The molecule has 1 saturated carbocycles. The van der Waals surface area contributed by atoms with Crippen LogP contribution < -0.4 is 0 Å². The summed E-state index contributed by atoms with van der Waals surface area (Å²) in [5.41, 5.74) is 2.67. The van der Waals surface area contributed by atoms with Crippen molar-refractivity contribution in [2.45, 2.75) is 63.5 Å². The number of nitrogens with zero attached hydrogens (tertiary/aromatic N) is 2. The van der Waals surface area contributed by atoms with Crippen molar-refractivity contribution in [1.82, 2.24) is 8.61 Å². The van der Waals surface area contributed by atoms with Crippen molar-refractivity contribution in [3.63, 3.8) is 0 Å². The molecule has 0 aromatic heterocycles. The van der Waals surface area contributed by atoms with Crippen LogP contribution in [0.15, 0.2) is 24.3 Å². The van der Waals surface area contributed by atoms with E-state index >= 15 is 0 Å². The quantitative estimate of drug-likeness (QED) is 0.848. The van der Waals surface area contributed by atoms with Gasteiger partial charge in [-0.3, -0.25) is 0 Å². The second-order valence-corrected chi connectivity index (χ2v) is 9.04. The van der Waals surface area contributed by atoms with Crippen molar-refractivity contribution < 1.29 is 8.42 Å². The highest BCUT2D eigenvalue weighted by molar-refractivity contribution is 7.86. The highest BCUT2D eigenvalue weighted by Gasteiger charge is 2.35. The molecule has 0 heterocycles. The minimum atomic E-state index is -3.37. The van der Waals surface area contributed by atoms with E-state index in [1.54, 1.807) is 22.7 Å². The Morgan fingerprint density at radius 1 is 0.870 bits per heavy atom. The Morgan fingerprint density at radius 2 is 1.48 bits per heavy atom. The molecule has 0 bridgehead atoms. The van der Waals surface area contributed by atoms with Gasteiger partial charge in [-0.25, -0.2) is 0 Å². The Labute approximate surface area is 140 Å². The maximum atomic E-state index is 13.0. The van der Waals surface area contributed by atoms with E-state index in [2.05, 4.69) is 18.2 Å². The van der Waals surface area contributed by atoms with Crippen molar-refractivity contribution >= 4 is 10.2 Å². The van der Waals surface area contributed by atoms with Crippen LogP contribution >= 0.6 is 0 Å². The molecule has 0 aliphatic heterocycles. The molecule has 2 aliphatic rings. The van der Waals surface area contributed by atoms with Crippen LogP contribution in [0, 0.1) is 0 Å². The van der Waals surface area contributed by atoms with Crippen LogP contribution in [0.25, 0.3) is 0 Å². The number of hydrogen-bond acceptors (Lipinski definition) is 2. The molecule has 1 fully saturated rings. The fourth-order valence-electron chi connectivity index (χ4n) is 4.01. The molecule has 1 atom stereocenters. The van der Waals surface area contributed by atoms with Crippen LogP contribution in [0.1, 0.15) is 49.7 Å². The molecule has 1 aromatic rings. The van der Waals surface area contributed by atoms with E-state index in [0.29, 0.717) is 0 Å². The van der Waals surface area contributed by atoms with E-state index in [9.17, 15) is 8.42 Å². The van der Waals surface area contributed by atoms with E-state index < -0.39 is 10.2 Å². The van der Waals surface area contributed by atoms with Gasteiger partial charge in [0.15, 0.2) is 0 Å². The Kier molecular flexibility index (Phi) is 5.09. The van der Waals surface area contributed by atoms with E-state index in [4.69, 9.17) is 0 Å². The zero-order valence-corrected chi connectivity index (χ0v) is 15.1. The van der Waals surface area contributed by atoms with Crippen LogP contribution in [0.2, 0.25) is 0 Å². The topological polar surface area (TPSA) is 40.6 Å². The molecular weight excluding hydrogens is 308 g/mol. The summed E-state index contributed by atoms with van der Waals surface area (Å²) in [6.45, 7) is 0.